The molecule has 0 aromatic heterocycles. The van der Waals surface area contributed by atoms with Crippen molar-refractivity contribution in [3.63, 3.8) is 0 Å². The molecule has 1 heterocycles. The van der Waals surface area contributed by atoms with E-state index < -0.39 is 0 Å². The highest BCUT2D eigenvalue weighted by atomic mass is 35.5. The Kier molecular flexibility index (Phi) is 17.5. The molecule has 1 aliphatic heterocycles. The van der Waals surface area contributed by atoms with E-state index in [0.717, 1.165) is 24.2 Å². The molecule has 3 N–H and O–H groups in total. The lowest BCUT2D eigenvalue weighted by atomic mass is 9.78. The van der Waals surface area contributed by atoms with Crippen molar-refractivity contribution in [2.24, 2.45) is 0 Å². The molecule has 0 amide bonds. The third-order valence-corrected chi connectivity index (χ3v) is 7.10. The molecule has 3 aromatic rings. The number of hydrogen-bond donors (Lipinski definition) is 3. The number of aryl methyl sites for hydroxylation is 1. The van der Waals surface area contributed by atoms with Gasteiger partial charge in [0.05, 0.1) is 18.6 Å². The summed E-state index contributed by atoms with van der Waals surface area (Å²) in [6, 6.07) is 22.0. The van der Waals surface area contributed by atoms with Crippen LogP contribution in [-0.2, 0) is 21.4 Å². The summed E-state index contributed by atoms with van der Waals surface area (Å²) in [5.74, 6) is 1.58. The van der Waals surface area contributed by atoms with Crippen molar-refractivity contribution in [3.8, 4) is 17.2 Å². The van der Waals surface area contributed by atoms with Gasteiger partial charge >= 0.3 is 0 Å². The molecule has 0 bridgehead atoms. The Hall–Kier alpha value is -3.02. The highest BCUT2D eigenvalue weighted by molar-refractivity contribution is 6.18. The second-order valence-electron chi connectivity index (χ2n) is 10.4. The number of epoxide rings is 1. The van der Waals surface area contributed by atoms with E-state index >= 15 is 0 Å². The lowest BCUT2D eigenvalue weighted by Gasteiger charge is -2.26. The first kappa shape index (κ1) is 35.0. The normalized spacial score (nSPS) is 13.4. The van der Waals surface area contributed by atoms with Crippen molar-refractivity contribution in [2.75, 3.05) is 12.5 Å². The van der Waals surface area contributed by atoms with Crippen LogP contribution in [0.15, 0.2) is 72.8 Å². The number of benzene rings is 3. The van der Waals surface area contributed by atoms with Crippen molar-refractivity contribution in [3.05, 3.63) is 89.5 Å². The number of phenols is 3. The first-order chi connectivity index (χ1) is 19.3. The molecule has 0 spiro atoms. The number of halogens is 1. The summed E-state index contributed by atoms with van der Waals surface area (Å²) < 4.78 is 4.73. The minimum atomic E-state index is -0.151. The first-order valence-corrected chi connectivity index (χ1v) is 14.6. The smallest absolute Gasteiger partial charge is 0.115 e. The van der Waals surface area contributed by atoms with Crippen LogP contribution in [0.2, 0.25) is 0 Å². The molecule has 6 heteroatoms. The summed E-state index contributed by atoms with van der Waals surface area (Å²) in [4.78, 5) is 8.00. The van der Waals surface area contributed by atoms with Gasteiger partial charge < -0.3 is 24.9 Å². The Balaban J connectivity index is 0.000000324. The molecule has 4 rings (SSSR count). The number of carbonyl (C=O) groups is 1. The van der Waals surface area contributed by atoms with Gasteiger partial charge in [-0.05, 0) is 65.9 Å². The quantitative estimate of drug-likeness (QED) is 0.122. The van der Waals surface area contributed by atoms with E-state index in [4.69, 9.17) is 26.2 Å². The number of carbonyl (C=O) groups excluding carboxylic acids is 1. The third-order valence-electron chi connectivity index (χ3n) is 6.76. The molecule has 0 radical (unpaired) electrons. The Bertz CT molecular complexity index is 982. The number of aromatic hydroxyl groups is 3. The Labute approximate surface area is 245 Å². The predicted molar refractivity (Wildman–Crippen MR) is 166 cm³/mol. The monoisotopic (exact) mass is 570 g/mol. The Morgan fingerprint density at radius 3 is 1.45 bits per heavy atom. The van der Waals surface area contributed by atoms with Crippen LogP contribution in [-0.4, -0.2) is 40.7 Å². The SMILES string of the molecule is C=O.CC(C)(c1ccc(O)cc1)c1ccc(O)cc1.CCCCCCCCCc1ccc(O)cc1.ClCC1CO1. The van der Waals surface area contributed by atoms with Crippen LogP contribution >= 0.6 is 11.6 Å². The fraction of sp³-hybridized carbons (Fsp3) is 0.441. The molecule has 1 fully saturated rings. The summed E-state index contributed by atoms with van der Waals surface area (Å²) in [5.41, 5.74) is 3.44. The van der Waals surface area contributed by atoms with Crippen LogP contribution in [0.4, 0.5) is 0 Å². The molecule has 5 nitrogen and oxygen atoms in total. The zero-order valence-corrected chi connectivity index (χ0v) is 25.1. The molecular weight excluding hydrogens is 524 g/mol. The van der Waals surface area contributed by atoms with Crippen LogP contribution in [0, 0.1) is 0 Å². The fourth-order valence-electron chi connectivity index (χ4n) is 4.03. The van der Waals surface area contributed by atoms with Gasteiger partial charge in [-0.3, -0.25) is 0 Å². The standard InChI is InChI=1S/C15H16O2.C15H24O.C3H5ClO.CH2O/c1-15(2,11-3-7-13(16)8-4-11)12-5-9-14(17)10-6-12;1-2-3-4-5-6-7-8-9-14-10-12-15(16)13-11-14;4-1-3-2-5-3;1-2/h3-10,16-17H,1-2H3;10-13,16H,2-9H2,1H3;3H,1-2H2;1H2. The van der Waals surface area contributed by atoms with Gasteiger partial charge in [0.15, 0.2) is 0 Å². The van der Waals surface area contributed by atoms with Crippen LogP contribution in [0.3, 0.4) is 0 Å². The lowest BCUT2D eigenvalue weighted by molar-refractivity contribution is -0.0980. The maximum Gasteiger partial charge on any atom is 0.115 e. The highest BCUT2D eigenvalue weighted by Gasteiger charge is 2.22. The second-order valence-corrected chi connectivity index (χ2v) is 10.7. The predicted octanol–water partition coefficient (Wildman–Crippen LogP) is 8.55. The number of hydrogen-bond acceptors (Lipinski definition) is 5. The number of phenolic OH excluding ortho intramolecular Hbond substituents is 3. The lowest BCUT2D eigenvalue weighted by Crippen LogP contribution is -2.18. The van der Waals surface area contributed by atoms with E-state index in [0.29, 0.717) is 17.7 Å². The van der Waals surface area contributed by atoms with Crippen molar-refractivity contribution in [1.29, 1.82) is 0 Å². The number of ether oxygens (including phenoxy) is 1. The minimum absolute atomic E-state index is 0.151. The molecule has 1 atom stereocenters. The molecule has 40 heavy (non-hydrogen) atoms. The second kappa shape index (κ2) is 19.9. The maximum absolute atomic E-state index is 9.30. The fourth-order valence-corrected chi connectivity index (χ4v) is 4.21. The number of alkyl halides is 1. The van der Waals surface area contributed by atoms with Crippen LogP contribution < -0.4 is 0 Å². The molecule has 1 aliphatic rings. The Morgan fingerprint density at radius 1 is 0.725 bits per heavy atom. The van der Waals surface area contributed by atoms with Crippen molar-refractivity contribution >= 4 is 18.4 Å². The summed E-state index contributed by atoms with van der Waals surface area (Å²) in [6.07, 6.45) is 11.0. The average molecular weight is 571 g/mol. The van der Waals surface area contributed by atoms with E-state index in [2.05, 4.69) is 20.8 Å². The Morgan fingerprint density at radius 2 is 1.10 bits per heavy atom. The van der Waals surface area contributed by atoms with E-state index in [-0.39, 0.29) is 16.9 Å². The molecule has 1 unspecified atom stereocenters. The van der Waals surface area contributed by atoms with Gasteiger partial charge in [0, 0.05) is 5.41 Å². The van der Waals surface area contributed by atoms with Gasteiger partial charge in [-0.25, -0.2) is 0 Å². The largest absolute Gasteiger partial charge is 0.508 e. The van der Waals surface area contributed by atoms with E-state index in [1.807, 2.05) is 43.2 Å². The van der Waals surface area contributed by atoms with Crippen LogP contribution in [0.25, 0.3) is 0 Å². The van der Waals surface area contributed by atoms with Gasteiger partial charge in [0.25, 0.3) is 0 Å². The zero-order valence-electron chi connectivity index (χ0n) is 24.3. The molecule has 1 saturated heterocycles. The highest BCUT2D eigenvalue weighted by Crippen LogP contribution is 2.32. The van der Waals surface area contributed by atoms with Crippen molar-refractivity contribution < 1.29 is 24.9 Å². The molecular formula is C34H47ClO5. The molecule has 0 saturated carbocycles. The van der Waals surface area contributed by atoms with Crippen molar-refractivity contribution in [1.82, 2.24) is 0 Å². The van der Waals surface area contributed by atoms with E-state index in [1.165, 1.54) is 50.5 Å². The average Bonchev–Trinajstić information content (AvgIpc) is 3.81. The van der Waals surface area contributed by atoms with Gasteiger partial charge in [0.1, 0.15) is 24.0 Å². The number of rotatable bonds is 11. The van der Waals surface area contributed by atoms with Gasteiger partial charge in [0.2, 0.25) is 0 Å². The van der Waals surface area contributed by atoms with Crippen LogP contribution in [0.1, 0.15) is 82.4 Å². The van der Waals surface area contributed by atoms with Gasteiger partial charge in [-0.2, -0.15) is 0 Å². The minimum Gasteiger partial charge on any atom is -0.508 e. The summed E-state index contributed by atoms with van der Waals surface area (Å²) in [7, 11) is 0. The summed E-state index contributed by atoms with van der Waals surface area (Å²) in [6.45, 7) is 9.37. The van der Waals surface area contributed by atoms with E-state index in [1.54, 1.807) is 36.4 Å². The number of unbranched alkanes of at least 4 members (excludes halogenated alkanes) is 6. The molecule has 220 valence electrons. The molecule has 0 aliphatic carbocycles. The van der Waals surface area contributed by atoms with Gasteiger partial charge in [-0.1, -0.05) is 95.7 Å². The zero-order chi connectivity index (χ0) is 29.8. The van der Waals surface area contributed by atoms with E-state index in [9.17, 15) is 10.2 Å². The maximum atomic E-state index is 9.30. The van der Waals surface area contributed by atoms with Gasteiger partial charge in [-0.15, -0.1) is 11.6 Å². The van der Waals surface area contributed by atoms with Crippen molar-refractivity contribution in [2.45, 2.75) is 83.7 Å². The summed E-state index contributed by atoms with van der Waals surface area (Å²) >= 11 is 5.27. The summed E-state index contributed by atoms with van der Waals surface area (Å²) in [5, 5.41) is 27.7. The molecule has 3 aromatic carbocycles. The topological polar surface area (TPSA) is 90.3 Å². The first-order valence-electron chi connectivity index (χ1n) is 14.1. The third kappa shape index (κ3) is 14.4. The van der Waals surface area contributed by atoms with Crippen LogP contribution in [0.5, 0.6) is 17.2 Å².